The maximum atomic E-state index is 13.1. The molecule has 1 saturated carbocycles. The van der Waals surface area contributed by atoms with Gasteiger partial charge in [-0.1, -0.05) is 30.3 Å². The zero-order valence-electron chi connectivity index (χ0n) is 17.0. The molecule has 4 rings (SSSR count). The first-order valence-corrected chi connectivity index (χ1v) is 10.1. The molecule has 1 saturated heterocycles. The number of likely N-dealkylation sites (tertiary alicyclic amines) is 1. The molecule has 2 fully saturated rings. The van der Waals surface area contributed by atoms with Crippen LogP contribution in [0.25, 0.3) is 0 Å². The lowest BCUT2D eigenvalue weighted by Crippen LogP contribution is -2.33. The molecule has 154 valence electrons. The summed E-state index contributed by atoms with van der Waals surface area (Å²) in [6, 6.07) is 13.6. The molecule has 2 aromatic rings. The van der Waals surface area contributed by atoms with Gasteiger partial charge in [0, 0.05) is 24.7 Å². The minimum atomic E-state index is -0.0159. The molecule has 1 amide bonds. The van der Waals surface area contributed by atoms with E-state index in [1.807, 2.05) is 35.2 Å². The van der Waals surface area contributed by atoms with Gasteiger partial charge in [-0.25, -0.2) is 0 Å². The SMILES string of the molecule is COc1cc(C(=O)N2CC3CCC(N)C3C2)cc(OC)c1OCc1ccccc1. The van der Waals surface area contributed by atoms with Crippen LogP contribution >= 0.6 is 0 Å². The van der Waals surface area contributed by atoms with Crippen molar-refractivity contribution in [2.45, 2.75) is 25.5 Å². The molecule has 2 aliphatic rings. The number of hydrogen-bond acceptors (Lipinski definition) is 5. The highest BCUT2D eigenvalue weighted by atomic mass is 16.5. The number of nitrogens with zero attached hydrogens (tertiary/aromatic N) is 1. The maximum Gasteiger partial charge on any atom is 0.254 e. The molecule has 3 atom stereocenters. The summed E-state index contributed by atoms with van der Waals surface area (Å²) < 4.78 is 17.0. The molecule has 6 heteroatoms. The van der Waals surface area contributed by atoms with Crippen LogP contribution in [0.15, 0.2) is 42.5 Å². The standard InChI is InChI=1S/C23H28N2O4/c1-27-20-10-17(23(26)25-12-16-8-9-19(24)18(16)13-25)11-21(28-2)22(20)29-14-15-6-4-3-5-7-15/h3-7,10-11,16,18-19H,8-9,12-14,24H2,1-2H3. The Bertz CT molecular complexity index is 845. The monoisotopic (exact) mass is 396 g/mol. The predicted octanol–water partition coefficient (Wildman–Crippen LogP) is 3.09. The molecule has 0 spiro atoms. The summed E-state index contributed by atoms with van der Waals surface area (Å²) in [6.45, 7) is 1.88. The summed E-state index contributed by atoms with van der Waals surface area (Å²) >= 11 is 0. The van der Waals surface area contributed by atoms with E-state index in [9.17, 15) is 4.79 Å². The first-order valence-electron chi connectivity index (χ1n) is 10.1. The summed E-state index contributed by atoms with van der Waals surface area (Å²) in [5.41, 5.74) is 7.80. The van der Waals surface area contributed by atoms with Crippen LogP contribution in [0.1, 0.15) is 28.8 Å². The van der Waals surface area contributed by atoms with Crippen LogP contribution in [-0.4, -0.2) is 44.2 Å². The number of carbonyl (C=O) groups excluding carboxylic acids is 1. The zero-order valence-corrected chi connectivity index (χ0v) is 17.0. The van der Waals surface area contributed by atoms with Crippen molar-refractivity contribution in [3.05, 3.63) is 53.6 Å². The second-order valence-electron chi connectivity index (χ2n) is 7.86. The molecule has 2 N–H and O–H groups in total. The van der Waals surface area contributed by atoms with E-state index in [1.54, 1.807) is 26.4 Å². The van der Waals surface area contributed by atoms with E-state index in [0.717, 1.165) is 31.5 Å². The van der Waals surface area contributed by atoms with E-state index >= 15 is 0 Å². The Morgan fingerprint density at radius 2 is 1.76 bits per heavy atom. The van der Waals surface area contributed by atoms with Crippen molar-refractivity contribution in [3.8, 4) is 17.2 Å². The average molecular weight is 396 g/mol. The van der Waals surface area contributed by atoms with Crippen LogP contribution in [0, 0.1) is 11.8 Å². The summed E-state index contributed by atoms with van der Waals surface area (Å²) in [6.07, 6.45) is 2.17. The van der Waals surface area contributed by atoms with Gasteiger partial charge in [0.1, 0.15) is 6.61 Å². The second-order valence-corrected chi connectivity index (χ2v) is 7.86. The van der Waals surface area contributed by atoms with Crippen LogP contribution in [0.5, 0.6) is 17.2 Å². The molecule has 1 aliphatic heterocycles. The van der Waals surface area contributed by atoms with Crippen molar-refractivity contribution in [1.82, 2.24) is 4.90 Å². The topological polar surface area (TPSA) is 74.0 Å². The van der Waals surface area contributed by atoms with Gasteiger partial charge >= 0.3 is 0 Å². The Kier molecular flexibility index (Phi) is 5.62. The van der Waals surface area contributed by atoms with E-state index in [1.165, 1.54) is 0 Å². The third kappa shape index (κ3) is 3.90. The van der Waals surface area contributed by atoms with Gasteiger partial charge in [0.15, 0.2) is 11.5 Å². The van der Waals surface area contributed by atoms with Crippen molar-refractivity contribution < 1.29 is 19.0 Å². The molecule has 0 radical (unpaired) electrons. The number of carbonyl (C=O) groups is 1. The third-order valence-corrected chi connectivity index (χ3v) is 6.13. The fourth-order valence-electron chi connectivity index (χ4n) is 4.53. The van der Waals surface area contributed by atoms with E-state index in [-0.39, 0.29) is 11.9 Å². The number of methoxy groups -OCH3 is 2. The Morgan fingerprint density at radius 3 is 2.38 bits per heavy atom. The second kappa shape index (κ2) is 8.33. The largest absolute Gasteiger partial charge is 0.493 e. The molecule has 1 aliphatic carbocycles. The lowest BCUT2D eigenvalue weighted by atomic mass is 9.98. The number of fused-ring (bicyclic) bond motifs is 1. The minimum Gasteiger partial charge on any atom is -0.493 e. The first kappa shape index (κ1) is 19.6. The molecule has 1 heterocycles. The molecule has 6 nitrogen and oxygen atoms in total. The van der Waals surface area contributed by atoms with Gasteiger partial charge in [0.05, 0.1) is 14.2 Å². The predicted molar refractivity (Wildman–Crippen MR) is 110 cm³/mol. The smallest absolute Gasteiger partial charge is 0.254 e. The summed E-state index contributed by atoms with van der Waals surface area (Å²) in [5.74, 6) is 2.38. The fourth-order valence-corrected chi connectivity index (χ4v) is 4.53. The molecule has 3 unspecified atom stereocenters. The van der Waals surface area contributed by atoms with Crippen LogP contribution in [0.2, 0.25) is 0 Å². The highest BCUT2D eigenvalue weighted by Crippen LogP contribution is 2.41. The van der Waals surface area contributed by atoms with Crippen molar-refractivity contribution in [1.29, 1.82) is 0 Å². The Balaban J connectivity index is 1.54. The van der Waals surface area contributed by atoms with Crippen molar-refractivity contribution in [2.75, 3.05) is 27.3 Å². The number of rotatable bonds is 6. The fraction of sp³-hybridized carbons (Fsp3) is 0.435. The van der Waals surface area contributed by atoms with Gasteiger partial charge in [-0.05, 0) is 42.4 Å². The van der Waals surface area contributed by atoms with Crippen LogP contribution in [0.4, 0.5) is 0 Å². The average Bonchev–Trinajstić information content (AvgIpc) is 3.33. The van der Waals surface area contributed by atoms with Gasteiger partial charge in [0.2, 0.25) is 5.75 Å². The maximum absolute atomic E-state index is 13.1. The molecule has 0 bridgehead atoms. The highest BCUT2D eigenvalue weighted by molar-refractivity contribution is 5.96. The van der Waals surface area contributed by atoms with Crippen molar-refractivity contribution >= 4 is 5.91 Å². The molecule has 29 heavy (non-hydrogen) atoms. The van der Waals surface area contributed by atoms with Crippen molar-refractivity contribution in [3.63, 3.8) is 0 Å². The Hall–Kier alpha value is -2.73. The Morgan fingerprint density at radius 1 is 1.07 bits per heavy atom. The van der Waals surface area contributed by atoms with Crippen LogP contribution < -0.4 is 19.9 Å². The number of ether oxygens (including phenoxy) is 3. The summed E-state index contributed by atoms with van der Waals surface area (Å²) in [7, 11) is 3.13. The van der Waals surface area contributed by atoms with Gasteiger partial charge in [-0.3, -0.25) is 4.79 Å². The number of hydrogen-bond donors (Lipinski definition) is 1. The minimum absolute atomic E-state index is 0.0159. The van der Waals surface area contributed by atoms with E-state index in [0.29, 0.717) is 41.3 Å². The molecular weight excluding hydrogens is 368 g/mol. The van der Waals surface area contributed by atoms with Gasteiger partial charge in [0.25, 0.3) is 5.91 Å². The quantitative estimate of drug-likeness (QED) is 0.812. The van der Waals surface area contributed by atoms with Crippen LogP contribution in [-0.2, 0) is 6.61 Å². The lowest BCUT2D eigenvalue weighted by Gasteiger charge is -2.21. The van der Waals surface area contributed by atoms with Crippen LogP contribution in [0.3, 0.4) is 0 Å². The van der Waals surface area contributed by atoms with E-state index in [2.05, 4.69) is 0 Å². The molecular formula is C23H28N2O4. The Labute approximate surface area is 171 Å². The van der Waals surface area contributed by atoms with Gasteiger partial charge in [-0.2, -0.15) is 0 Å². The van der Waals surface area contributed by atoms with Gasteiger partial charge < -0.3 is 24.8 Å². The lowest BCUT2D eigenvalue weighted by molar-refractivity contribution is 0.0778. The van der Waals surface area contributed by atoms with Crippen molar-refractivity contribution in [2.24, 2.45) is 17.6 Å². The van der Waals surface area contributed by atoms with E-state index in [4.69, 9.17) is 19.9 Å². The molecule has 0 aromatic heterocycles. The number of amides is 1. The molecule has 2 aromatic carbocycles. The number of nitrogens with two attached hydrogens (primary N) is 1. The first-order chi connectivity index (χ1) is 14.1. The van der Waals surface area contributed by atoms with Gasteiger partial charge in [-0.15, -0.1) is 0 Å². The third-order valence-electron chi connectivity index (χ3n) is 6.13. The highest BCUT2D eigenvalue weighted by Gasteiger charge is 2.42. The number of benzene rings is 2. The zero-order chi connectivity index (χ0) is 20.4. The normalized spacial score (nSPS) is 23.0. The summed E-state index contributed by atoms with van der Waals surface area (Å²) in [4.78, 5) is 15.1. The summed E-state index contributed by atoms with van der Waals surface area (Å²) in [5, 5.41) is 0. The van der Waals surface area contributed by atoms with E-state index < -0.39 is 0 Å².